The van der Waals surface area contributed by atoms with Gasteiger partial charge in [-0.1, -0.05) is 30.3 Å². The van der Waals surface area contributed by atoms with Gasteiger partial charge >= 0.3 is 5.97 Å². The minimum Gasteiger partial charge on any atom is -0.508 e. The van der Waals surface area contributed by atoms with Gasteiger partial charge in [0, 0.05) is 49.7 Å². The molecular formula is C40H49N7O8. The van der Waals surface area contributed by atoms with Crippen LogP contribution in [-0.2, 0) is 41.6 Å². The van der Waals surface area contributed by atoms with Gasteiger partial charge in [0.1, 0.15) is 36.0 Å². The number of carbonyl (C=O) groups excluding carboxylic acids is 5. The highest BCUT2D eigenvalue weighted by Gasteiger charge is 2.48. The van der Waals surface area contributed by atoms with Crippen molar-refractivity contribution < 1.29 is 39.0 Å². The average molecular weight is 756 g/mol. The van der Waals surface area contributed by atoms with Crippen molar-refractivity contribution >= 4 is 46.4 Å². The third kappa shape index (κ3) is 7.75. The summed E-state index contributed by atoms with van der Waals surface area (Å²) in [5.41, 5.74) is 8.96. The van der Waals surface area contributed by atoms with Crippen LogP contribution >= 0.6 is 0 Å². The molecule has 4 fully saturated rings. The molecule has 0 aliphatic carbocycles. The molecule has 1 aromatic heterocycles. The Balaban J connectivity index is 0.987. The van der Waals surface area contributed by atoms with Gasteiger partial charge in [0.2, 0.25) is 29.5 Å². The molecule has 15 nitrogen and oxygen atoms in total. The molecule has 15 heteroatoms. The third-order valence-corrected chi connectivity index (χ3v) is 11.7. The Bertz CT molecular complexity index is 1950. The summed E-state index contributed by atoms with van der Waals surface area (Å²) < 4.78 is 0. The monoisotopic (exact) mass is 755 g/mol. The molecule has 6 N–H and O–H groups in total. The molecule has 6 atom stereocenters. The number of carboxylic acids is 1. The van der Waals surface area contributed by atoms with Crippen LogP contribution in [0.25, 0.3) is 10.9 Å². The van der Waals surface area contributed by atoms with Crippen LogP contribution in [0.3, 0.4) is 0 Å². The van der Waals surface area contributed by atoms with Crippen LogP contribution in [-0.4, -0.2) is 133 Å². The smallest absolute Gasteiger partial charge is 0.326 e. The van der Waals surface area contributed by atoms with E-state index in [0.717, 1.165) is 16.5 Å². The number of hydrogen-bond donors (Lipinski definition) is 5. The number of nitrogens with two attached hydrogens (primary N) is 1. The molecule has 5 amide bonds. The molecule has 5 heterocycles. The molecule has 0 saturated carbocycles. The van der Waals surface area contributed by atoms with E-state index in [1.54, 1.807) is 26.8 Å². The molecule has 0 radical (unpaired) electrons. The molecule has 7 rings (SSSR count). The van der Waals surface area contributed by atoms with E-state index in [1.807, 2.05) is 30.5 Å². The minimum absolute atomic E-state index is 0.00583. The van der Waals surface area contributed by atoms with Crippen molar-refractivity contribution in [2.45, 2.75) is 100 Å². The summed E-state index contributed by atoms with van der Waals surface area (Å²) in [6.07, 6.45) is 6.24. The molecule has 0 unspecified atom stereocenters. The van der Waals surface area contributed by atoms with Gasteiger partial charge in [0.25, 0.3) is 0 Å². The van der Waals surface area contributed by atoms with E-state index in [9.17, 15) is 39.0 Å². The Labute approximate surface area is 318 Å². The van der Waals surface area contributed by atoms with Crippen LogP contribution in [0.1, 0.15) is 62.5 Å². The highest BCUT2D eigenvalue weighted by Crippen LogP contribution is 2.31. The van der Waals surface area contributed by atoms with Gasteiger partial charge in [-0.05, 0) is 87.1 Å². The second-order valence-electron chi connectivity index (χ2n) is 15.2. The molecule has 0 spiro atoms. The van der Waals surface area contributed by atoms with E-state index in [2.05, 4.69) is 10.3 Å². The normalized spacial score (nSPS) is 23.7. The molecule has 4 aliphatic rings. The largest absolute Gasteiger partial charge is 0.508 e. The van der Waals surface area contributed by atoms with Gasteiger partial charge in [0.05, 0.1) is 6.04 Å². The fraction of sp³-hybridized carbons (Fsp3) is 0.500. The van der Waals surface area contributed by atoms with E-state index in [0.29, 0.717) is 89.5 Å². The number of aromatic nitrogens is 1. The van der Waals surface area contributed by atoms with Crippen LogP contribution in [0.15, 0.2) is 54.7 Å². The summed E-state index contributed by atoms with van der Waals surface area (Å²) in [5, 5.41) is 23.0. The van der Waals surface area contributed by atoms with Crippen LogP contribution < -0.4 is 11.1 Å². The summed E-state index contributed by atoms with van der Waals surface area (Å²) in [6.45, 7) is 1.40. The number of para-hydroxylation sites is 1. The number of likely N-dealkylation sites (tertiary alicyclic amines) is 4. The molecule has 0 bridgehead atoms. The fourth-order valence-corrected chi connectivity index (χ4v) is 8.91. The lowest BCUT2D eigenvalue weighted by Gasteiger charge is -2.36. The number of carboxylic acid groups (broad SMARTS) is 1. The first-order valence-electron chi connectivity index (χ1n) is 19.4. The number of hydrogen-bond acceptors (Lipinski definition) is 8. The summed E-state index contributed by atoms with van der Waals surface area (Å²) >= 11 is 0. The number of nitrogens with zero attached hydrogens (tertiary/aromatic N) is 4. The fourth-order valence-electron chi connectivity index (χ4n) is 8.91. The van der Waals surface area contributed by atoms with E-state index < -0.39 is 48.1 Å². The zero-order chi connectivity index (χ0) is 38.8. The number of amides is 5. The van der Waals surface area contributed by atoms with Gasteiger partial charge in [-0.15, -0.1) is 0 Å². The topological polar surface area (TPSA) is 210 Å². The number of rotatable bonds is 11. The van der Waals surface area contributed by atoms with Gasteiger partial charge in [0.15, 0.2) is 0 Å². The molecular weight excluding hydrogens is 706 g/mol. The molecule has 4 saturated heterocycles. The van der Waals surface area contributed by atoms with Crippen molar-refractivity contribution in [3.05, 3.63) is 65.9 Å². The van der Waals surface area contributed by atoms with E-state index >= 15 is 0 Å². The maximum absolute atomic E-state index is 14.2. The number of phenols is 1. The minimum atomic E-state index is -1.24. The zero-order valence-corrected chi connectivity index (χ0v) is 30.8. The lowest BCUT2D eigenvalue weighted by atomic mass is 10.0. The molecule has 2 aromatic carbocycles. The zero-order valence-electron chi connectivity index (χ0n) is 30.8. The van der Waals surface area contributed by atoms with Crippen molar-refractivity contribution in [3.63, 3.8) is 0 Å². The Morgan fingerprint density at radius 2 is 1.22 bits per heavy atom. The number of aliphatic carboxylic acids is 1. The summed E-state index contributed by atoms with van der Waals surface area (Å²) in [5.74, 6) is -3.00. The van der Waals surface area contributed by atoms with Crippen LogP contribution in [0.2, 0.25) is 0 Å². The second kappa shape index (κ2) is 16.1. The molecule has 55 heavy (non-hydrogen) atoms. The number of nitrogens with one attached hydrogen (secondary N) is 2. The standard InChI is InChI=1S/C40H49N7O8/c41-28(22-25-23-42-29-8-2-1-7-27(25)29)36(50)45-18-4-10-32(45)38(52)47-20-6-12-34(47)39(53)46-19-5-11-33(46)37(51)44-17-3-9-31(44)35(49)43-30(40(54)55)21-24-13-15-26(48)16-14-24/h1-2,7-8,13-16,23,28,30-34,42,48H,3-6,9-12,17-22,41H2,(H,43,49)(H,54,55)/t28-,30-,31-,32-,33-,34-/m0/s1. The first-order chi connectivity index (χ1) is 26.5. The van der Waals surface area contributed by atoms with E-state index in [4.69, 9.17) is 5.73 Å². The van der Waals surface area contributed by atoms with Crippen molar-refractivity contribution in [1.82, 2.24) is 29.9 Å². The molecule has 292 valence electrons. The SMILES string of the molecule is N[C@@H](Cc1c[nH]c2ccccc12)C(=O)N1CCC[C@H]1C(=O)N1CCC[C@H]1C(=O)N1CCC[C@H]1C(=O)N1CCC[C@H]1C(=O)N[C@@H](Cc1ccc(O)cc1)C(=O)O. The first-order valence-corrected chi connectivity index (χ1v) is 19.4. The summed E-state index contributed by atoms with van der Waals surface area (Å²) in [4.78, 5) is 91.1. The average Bonchev–Trinajstić information content (AvgIpc) is 4.03. The predicted molar refractivity (Wildman–Crippen MR) is 200 cm³/mol. The summed E-state index contributed by atoms with van der Waals surface area (Å²) in [6, 6.07) is 8.57. The maximum atomic E-state index is 14.2. The van der Waals surface area contributed by atoms with Crippen molar-refractivity contribution in [3.8, 4) is 5.75 Å². The lowest BCUT2D eigenvalue weighted by molar-refractivity contribution is -0.152. The lowest BCUT2D eigenvalue weighted by Crippen LogP contribution is -2.58. The Kier molecular flexibility index (Phi) is 11.1. The number of fused-ring (bicyclic) bond motifs is 1. The highest BCUT2D eigenvalue weighted by atomic mass is 16.4. The van der Waals surface area contributed by atoms with Crippen molar-refractivity contribution in [1.29, 1.82) is 0 Å². The van der Waals surface area contributed by atoms with Crippen LogP contribution in [0.4, 0.5) is 0 Å². The van der Waals surface area contributed by atoms with Gasteiger partial charge in [-0.3, -0.25) is 24.0 Å². The van der Waals surface area contributed by atoms with E-state index in [-0.39, 0.29) is 35.8 Å². The maximum Gasteiger partial charge on any atom is 0.326 e. The third-order valence-electron chi connectivity index (χ3n) is 11.7. The number of carbonyl (C=O) groups is 6. The van der Waals surface area contributed by atoms with Gasteiger partial charge < -0.3 is 45.8 Å². The molecule has 3 aromatic rings. The van der Waals surface area contributed by atoms with Crippen LogP contribution in [0, 0.1) is 0 Å². The van der Waals surface area contributed by atoms with E-state index in [1.165, 1.54) is 17.0 Å². The summed E-state index contributed by atoms with van der Waals surface area (Å²) in [7, 11) is 0. The van der Waals surface area contributed by atoms with Gasteiger partial charge in [-0.2, -0.15) is 0 Å². The Hall–Kier alpha value is -5.44. The number of aromatic hydroxyl groups is 1. The Morgan fingerprint density at radius 1 is 0.709 bits per heavy atom. The quantitative estimate of drug-likeness (QED) is 0.192. The number of aromatic amines is 1. The number of H-pyrrole nitrogens is 1. The number of benzene rings is 2. The van der Waals surface area contributed by atoms with Gasteiger partial charge in [-0.25, -0.2) is 4.79 Å². The first kappa shape index (κ1) is 37.9. The van der Waals surface area contributed by atoms with Crippen LogP contribution in [0.5, 0.6) is 5.75 Å². The second-order valence-corrected chi connectivity index (χ2v) is 15.2. The Morgan fingerprint density at radius 3 is 1.80 bits per heavy atom. The molecule has 4 aliphatic heterocycles. The predicted octanol–water partition coefficient (Wildman–Crippen LogP) is 1.52. The number of phenolic OH excluding ortho intramolecular Hbond substituents is 1. The van der Waals surface area contributed by atoms with Crippen molar-refractivity contribution in [2.24, 2.45) is 5.73 Å². The highest BCUT2D eigenvalue weighted by molar-refractivity contribution is 5.97. The van der Waals surface area contributed by atoms with Crippen molar-refractivity contribution in [2.75, 3.05) is 26.2 Å².